The third-order valence-electron chi connectivity index (χ3n) is 3.36. The fourth-order valence-corrected chi connectivity index (χ4v) is 2.15. The Kier molecular flexibility index (Phi) is 6.00. The molecule has 1 amide bonds. The molecule has 5 nitrogen and oxygen atoms in total. The van der Waals surface area contributed by atoms with E-state index in [4.69, 9.17) is 5.11 Å². The fraction of sp³-hybridized carbons (Fsp3) is 0.467. The van der Waals surface area contributed by atoms with Crippen molar-refractivity contribution in [1.82, 2.24) is 5.32 Å². The van der Waals surface area contributed by atoms with Crippen molar-refractivity contribution >= 4 is 12.1 Å². The van der Waals surface area contributed by atoms with Gasteiger partial charge >= 0.3 is 18.0 Å². The lowest BCUT2D eigenvalue weighted by Crippen LogP contribution is -2.45. The van der Waals surface area contributed by atoms with Crippen LogP contribution < -0.4 is 5.32 Å². The summed E-state index contributed by atoms with van der Waals surface area (Å²) in [6, 6.07) is 5.26. The molecule has 0 bridgehead atoms. The Labute approximate surface area is 131 Å². The van der Waals surface area contributed by atoms with Gasteiger partial charge in [0.25, 0.3) is 0 Å². The van der Waals surface area contributed by atoms with Crippen LogP contribution in [-0.4, -0.2) is 29.7 Å². The summed E-state index contributed by atoms with van der Waals surface area (Å²) in [7, 11) is 0. The zero-order valence-corrected chi connectivity index (χ0v) is 12.7. The predicted octanol–water partition coefficient (Wildman–Crippen LogP) is 3.29. The van der Waals surface area contributed by atoms with Crippen molar-refractivity contribution in [2.75, 3.05) is 6.61 Å². The number of halogens is 3. The SMILES string of the molecule is CCOC(=O)C(F)(F)CCC(C)(NC(=O)O)c1ccccc1F. The molecule has 0 aliphatic rings. The van der Waals surface area contributed by atoms with Gasteiger partial charge in [0.15, 0.2) is 0 Å². The van der Waals surface area contributed by atoms with Crippen LogP contribution in [0.5, 0.6) is 0 Å². The highest BCUT2D eigenvalue weighted by molar-refractivity contribution is 5.77. The van der Waals surface area contributed by atoms with Crippen LogP contribution in [0.3, 0.4) is 0 Å². The van der Waals surface area contributed by atoms with E-state index in [0.717, 1.165) is 6.07 Å². The molecule has 1 unspecified atom stereocenters. The van der Waals surface area contributed by atoms with Gasteiger partial charge in [-0.2, -0.15) is 8.78 Å². The van der Waals surface area contributed by atoms with Crippen LogP contribution in [0.15, 0.2) is 24.3 Å². The first-order chi connectivity index (χ1) is 10.6. The Balaban J connectivity index is 3.02. The van der Waals surface area contributed by atoms with E-state index >= 15 is 0 Å². The summed E-state index contributed by atoms with van der Waals surface area (Å²) in [4.78, 5) is 22.2. The van der Waals surface area contributed by atoms with Gasteiger partial charge in [-0.15, -0.1) is 0 Å². The van der Waals surface area contributed by atoms with Gasteiger partial charge in [-0.25, -0.2) is 14.0 Å². The van der Waals surface area contributed by atoms with Gasteiger partial charge in [-0.05, 0) is 26.3 Å². The summed E-state index contributed by atoms with van der Waals surface area (Å²) >= 11 is 0. The van der Waals surface area contributed by atoms with Crippen LogP contribution in [0.4, 0.5) is 18.0 Å². The molecule has 0 aliphatic heterocycles. The maximum Gasteiger partial charge on any atom is 0.405 e. The zero-order valence-electron chi connectivity index (χ0n) is 12.7. The number of amides is 1. The number of nitrogens with one attached hydrogen (secondary N) is 1. The normalized spacial score (nSPS) is 14.0. The quantitative estimate of drug-likeness (QED) is 0.751. The summed E-state index contributed by atoms with van der Waals surface area (Å²) in [5.74, 6) is -6.21. The molecule has 0 aromatic heterocycles. The Hall–Kier alpha value is -2.25. The van der Waals surface area contributed by atoms with E-state index in [-0.39, 0.29) is 12.2 Å². The highest BCUT2D eigenvalue weighted by Crippen LogP contribution is 2.33. The van der Waals surface area contributed by atoms with E-state index in [1.165, 1.54) is 32.0 Å². The maximum atomic E-state index is 13.9. The predicted molar refractivity (Wildman–Crippen MR) is 75.7 cm³/mol. The molecule has 0 radical (unpaired) electrons. The second kappa shape index (κ2) is 7.34. The van der Waals surface area contributed by atoms with Gasteiger partial charge in [0, 0.05) is 12.0 Å². The minimum Gasteiger partial charge on any atom is -0.465 e. The number of alkyl halides is 2. The van der Waals surface area contributed by atoms with Crippen LogP contribution in [0, 0.1) is 5.82 Å². The fourth-order valence-electron chi connectivity index (χ4n) is 2.15. The molecule has 1 rings (SSSR count). The summed E-state index contributed by atoms with van der Waals surface area (Å²) in [6.07, 6.45) is -2.97. The Morgan fingerprint density at radius 1 is 1.26 bits per heavy atom. The molecule has 0 aliphatic carbocycles. The van der Waals surface area contributed by atoms with Gasteiger partial charge < -0.3 is 15.2 Å². The van der Waals surface area contributed by atoms with Crippen LogP contribution in [0.25, 0.3) is 0 Å². The molecule has 1 aromatic rings. The molecule has 0 spiro atoms. The van der Waals surface area contributed by atoms with Crippen LogP contribution >= 0.6 is 0 Å². The average Bonchev–Trinajstić information content (AvgIpc) is 2.45. The molecule has 0 saturated heterocycles. The van der Waals surface area contributed by atoms with Crippen LogP contribution in [0.2, 0.25) is 0 Å². The standard InChI is InChI=1S/C15H18F3NO4/c1-3-23-12(20)15(17,18)9-8-14(2,19-13(21)22)10-6-4-5-7-11(10)16/h4-7,19H,3,8-9H2,1-2H3,(H,21,22). The van der Waals surface area contributed by atoms with Crippen LogP contribution in [0.1, 0.15) is 32.3 Å². The lowest BCUT2D eigenvalue weighted by Gasteiger charge is -2.31. The number of carbonyl (C=O) groups is 2. The summed E-state index contributed by atoms with van der Waals surface area (Å²) < 4.78 is 45.7. The highest BCUT2D eigenvalue weighted by Gasteiger charge is 2.43. The van der Waals surface area contributed by atoms with Crippen molar-refractivity contribution in [2.45, 2.75) is 38.2 Å². The second-order valence-corrected chi connectivity index (χ2v) is 5.17. The number of carbonyl (C=O) groups excluding carboxylic acids is 1. The number of benzene rings is 1. The van der Waals surface area contributed by atoms with Crippen LogP contribution in [-0.2, 0) is 15.1 Å². The van der Waals surface area contributed by atoms with Crippen molar-refractivity contribution in [1.29, 1.82) is 0 Å². The van der Waals surface area contributed by atoms with Gasteiger partial charge in [0.1, 0.15) is 5.82 Å². The number of esters is 1. The number of hydrogen-bond acceptors (Lipinski definition) is 3. The minimum atomic E-state index is -3.79. The van der Waals surface area contributed by atoms with Crippen molar-refractivity contribution in [3.05, 3.63) is 35.6 Å². The van der Waals surface area contributed by atoms with Crippen molar-refractivity contribution in [3.63, 3.8) is 0 Å². The monoisotopic (exact) mass is 333 g/mol. The van der Waals surface area contributed by atoms with Gasteiger partial charge in [-0.1, -0.05) is 18.2 Å². The molecule has 23 heavy (non-hydrogen) atoms. The molecule has 0 heterocycles. The van der Waals surface area contributed by atoms with E-state index < -0.39 is 42.2 Å². The van der Waals surface area contributed by atoms with E-state index in [2.05, 4.69) is 4.74 Å². The molecule has 0 fully saturated rings. The third-order valence-corrected chi connectivity index (χ3v) is 3.36. The molecule has 1 aromatic carbocycles. The zero-order chi connectivity index (χ0) is 17.7. The molecular formula is C15H18F3NO4. The highest BCUT2D eigenvalue weighted by atomic mass is 19.3. The molecule has 0 saturated carbocycles. The summed E-state index contributed by atoms with van der Waals surface area (Å²) in [5, 5.41) is 11.0. The van der Waals surface area contributed by atoms with E-state index in [0.29, 0.717) is 0 Å². The molecule has 2 N–H and O–H groups in total. The first kappa shape index (κ1) is 18.8. The number of ether oxygens (including phenoxy) is 1. The first-order valence-electron chi connectivity index (χ1n) is 6.93. The van der Waals surface area contributed by atoms with Gasteiger partial charge in [0.2, 0.25) is 0 Å². The third kappa shape index (κ3) is 4.87. The molecular weight excluding hydrogens is 315 g/mol. The molecule has 128 valence electrons. The van der Waals surface area contributed by atoms with Gasteiger partial charge in [0.05, 0.1) is 12.1 Å². The van der Waals surface area contributed by atoms with E-state index in [1.807, 2.05) is 5.32 Å². The Morgan fingerprint density at radius 2 is 1.87 bits per heavy atom. The lowest BCUT2D eigenvalue weighted by atomic mass is 9.86. The maximum absolute atomic E-state index is 13.9. The van der Waals surface area contributed by atoms with Crippen molar-refractivity contribution in [2.24, 2.45) is 0 Å². The first-order valence-corrected chi connectivity index (χ1v) is 6.93. The number of hydrogen-bond donors (Lipinski definition) is 2. The van der Waals surface area contributed by atoms with Crippen molar-refractivity contribution in [3.8, 4) is 0 Å². The smallest absolute Gasteiger partial charge is 0.405 e. The number of carboxylic acid groups (broad SMARTS) is 1. The molecule has 8 heteroatoms. The second-order valence-electron chi connectivity index (χ2n) is 5.17. The number of rotatable bonds is 7. The van der Waals surface area contributed by atoms with E-state index in [1.54, 1.807) is 0 Å². The van der Waals surface area contributed by atoms with Gasteiger partial charge in [-0.3, -0.25) is 0 Å². The average molecular weight is 333 g/mol. The Morgan fingerprint density at radius 3 is 2.39 bits per heavy atom. The van der Waals surface area contributed by atoms with E-state index in [9.17, 15) is 22.8 Å². The lowest BCUT2D eigenvalue weighted by molar-refractivity contribution is -0.172. The van der Waals surface area contributed by atoms with Crippen molar-refractivity contribution < 1.29 is 32.6 Å². The summed E-state index contributed by atoms with van der Waals surface area (Å²) in [6.45, 7) is 2.47. The Bertz CT molecular complexity index is 580. The summed E-state index contributed by atoms with van der Waals surface area (Å²) in [5.41, 5.74) is -1.70. The molecule has 1 atom stereocenters. The topological polar surface area (TPSA) is 75.6 Å². The minimum absolute atomic E-state index is 0.0814. The largest absolute Gasteiger partial charge is 0.465 e.